The lowest BCUT2D eigenvalue weighted by Crippen LogP contribution is -2.23. The number of hydrogen-bond acceptors (Lipinski definition) is 3. The summed E-state index contributed by atoms with van der Waals surface area (Å²) in [6, 6.07) is 5.78. The summed E-state index contributed by atoms with van der Waals surface area (Å²) in [5.74, 6) is -0.252. The zero-order valence-corrected chi connectivity index (χ0v) is 11.3. The van der Waals surface area contributed by atoms with Crippen LogP contribution >= 0.6 is 11.8 Å². The van der Waals surface area contributed by atoms with Gasteiger partial charge < -0.3 is 10.0 Å². The quantitative estimate of drug-likeness (QED) is 0.780. The molecule has 1 heterocycles. The normalized spacial score (nSPS) is 19.7. The third-order valence-electron chi connectivity index (χ3n) is 2.65. The largest absolute Gasteiger partial charge is 0.378 e. The highest BCUT2D eigenvalue weighted by Crippen LogP contribution is 2.40. The summed E-state index contributed by atoms with van der Waals surface area (Å²) in [5.41, 5.74) is 1.52. The van der Waals surface area contributed by atoms with Crippen LogP contribution in [-0.2, 0) is 4.79 Å². The van der Waals surface area contributed by atoms with Crippen molar-refractivity contribution in [1.82, 2.24) is 0 Å². The molecule has 0 aromatic heterocycles. The lowest BCUT2D eigenvalue weighted by Gasteiger charge is -2.18. The second-order valence-electron chi connectivity index (χ2n) is 5.23. The topological polar surface area (TPSA) is 40.5 Å². The highest BCUT2D eigenvalue weighted by Gasteiger charge is 2.33. The van der Waals surface area contributed by atoms with Crippen LogP contribution in [0.1, 0.15) is 32.4 Å². The van der Waals surface area contributed by atoms with Crippen LogP contribution in [0.4, 0.5) is 5.69 Å². The Kier molecular flexibility index (Phi) is 2.96. The molecular weight excluding hydrogens is 234 g/mol. The first-order valence-corrected chi connectivity index (χ1v) is 6.40. The second-order valence-corrected chi connectivity index (χ2v) is 7.14. The van der Waals surface area contributed by atoms with Crippen molar-refractivity contribution >= 4 is 23.4 Å². The van der Waals surface area contributed by atoms with Crippen molar-refractivity contribution < 1.29 is 9.90 Å². The lowest BCUT2D eigenvalue weighted by molar-refractivity contribution is -0.125. The summed E-state index contributed by atoms with van der Waals surface area (Å²) in [4.78, 5) is 14.3. The lowest BCUT2D eigenvalue weighted by atomic mass is 10.1. The number of benzene rings is 1. The van der Waals surface area contributed by atoms with Gasteiger partial charge in [-0.2, -0.15) is 0 Å². The maximum absolute atomic E-state index is 11.6. The van der Waals surface area contributed by atoms with Gasteiger partial charge in [0.25, 0.3) is 5.91 Å². The van der Waals surface area contributed by atoms with Crippen molar-refractivity contribution in [2.45, 2.75) is 36.5 Å². The van der Waals surface area contributed by atoms with Crippen LogP contribution in [0.3, 0.4) is 0 Å². The number of thioether (sulfide) groups is 1. The van der Waals surface area contributed by atoms with Gasteiger partial charge in [-0.1, -0.05) is 26.8 Å². The Hall–Kier alpha value is -1.00. The van der Waals surface area contributed by atoms with Crippen molar-refractivity contribution in [1.29, 1.82) is 0 Å². The molecule has 2 rings (SSSR count). The molecule has 3 nitrogen and oxygen atoms in total. The number of aliphatic hydroxyl groups excluding tert-OH is 1. The third-order valence-corrected chi connectivity index (χ3v) is 3.75. The van der Waals surface area contributed by atoms with E-state index in [1.165, 1.54) is 4.90 Å². The van der Waals surface area contributed by atoms with E-state index in [1.54, 1.807) is 18.8 Å². The van der Waals surface area contributed by atoms with E-state index in [4.69, 9.17) is 0 Å². The summed E-state index contributed by atoms with van der Waals surface area (Å²) in [6.45, 7) is 6.44. The zero-order valence-electron chi connectivity index (χ0n) is 10.5. The summed E-state index contributed by atoms with van der Waals surface area (Å²) in [6.07, 6.45) is -0.997. The van der Waals surface area contributed by atoms with Crippen molar-refractivity contribution in [2.24, 2.45) is 0 Å². The molecule has 0 radical (unpaired) electrons. The highest BCUT2D eigenvalue weighted by molar-refractivity contribution is 8.00. The Bertz CT molecular complexity index is 465. The molecule has 0 bridgehead atoms. The van der Waals surface area contributed by atoms with Gasteiger partial charge in [0.2, 0.25) is 0 Å². The molecule has 92 valence electrons. The van der Waals surface area contributed by atoms with Gasteiger partial charge in [-0.25, -0.2) is 0 Å². The number of fused-ring (bicyclic) bond motifs is 1. The molecule has 0 fully saturated rings. The van der Waals surface area contributed by atoms with Gasteiger partial charge in [0, 0.05) is 22.3 Å². The molecule has 1 N–H and O–H groups in total. The minimum atomic E-state index is -0.997. The van der Waals surface area contributed by atoms with Crippen molar-refractivity contribution in [3.8, 4) is 0 Å². The van der Waals surface area contributed by atoms with Crippen LogP contribution in [-0.4, -0.2) is 22.8 Å². The first-order chi connectivity index (χ1) is 7.79. The zero-order chi connectivity index (χ0) is 12.8. The average molecular weight is 251 g/mol. The Morgan fingerprint density at radius 2 is 2.00 bits per heavy atom. The van der Waals surface area contributed by atoms with E-state index in [0.717, 1.165) is 10.6 Å². The van der Waals surface area contributed by atoms with Crippen LogP contribution < -0.4 is 4.90 Å². The number of carbonyl (C=O) groups excluding carboxylic acids is 1. The monoisotopic (exact) mass is 251 g/mol. The summed E-state index contributed by atoms with van der Waals surface area (Å²) >= 11 is 1.75. The number of amides is 1. The average Bonchev–Trinajstić information content (AvgIpc) is 2.42. The number of aliphatic hydroxyl groups is 1. The SMILES string of the molecule is CN1C(=O)C(O)c2ccc(SC(C)(C)C)cc21. The highest BCUT2D eigenvalue weighted by atomic mass is 32.2. The van der Waals surface area contributed by atoms with E-state index in [9.17, 15) is 9.90 Å². The molecule has 1 aromatic carbocycles. The third kappa shape index (κ3) is 2.33. The minimum absolute atomic E-state index is 0.133. The van der Waals surface area contributed by atoms with Crippen LogP contribution in [0, 0.1) is 0 Å². The number of anilines is 1. The van der Waals surface area contributed by atoms with E-state index < -0.39 is 6.10 Å². The van der Waals surface area contributed by atoms with Crippen LogP contribution in [0.15, 0.2) is 23.1 Å². The minimum Gasteiger partial charge on any atom is -0.378 e. The molecule has 0 saturated heterocycles. The molecule has 0 saturated carbocycles. The van der Waals surface area contributed by atoms with E-state index in [2.05, 4.69) is 20.8 Å². The molecule has 1 aliphatic rings. The van der Waals surface area contributed by atoms with Gasteiger partial charge in [0.1, 0.15) is 0 Å². The number of nitrogens with zero attached hydrogens (tertiary/aromatic N) is 1. The van der Waals surface area contributed by atoms with E-state index in [0.29, 0.717) is 5.56 Å². The number of rotatable bonds is 1. The van der Waals surface area contributed by atoms with Crippen LogP contribution in [0.5, 0.6) is 0 Å². The fourth-order valence-electron chi connectivity index (χ4n) is 1.90. The molecular formula is C13H17NO2S. The van der Waals surface area contributed by atoms with Crippen molar-refractivity contribution in [3.05, 3.63) is 23.8 Å². The fraction of sp³-hybridized carbons (Fsp3) is 0.462. The predicted octanol–water partition coefficient (Wildman–Crippen LogP) is 2.59. The molecule has 1 aliphatic heterocycles. The smallest absolute Gasteiger partial charge is 0.260 e. The first kappa shape index (κ1) is 12.5. The van der Waals surface area contributed by atoms with Gasteiger partial charge in [-0.05, 0) is 12.1 Å². The fourth-order valence-corrected chi connectivity index (χ4v) is 2.91. The van der Waals surface area contributed by atoms with E-state index in [-0.39, 0.29) is 10.7 Å². The maximum atomic E-state index is 11.6. The van der Waals surface area contributed by atoms with Crippen LogP contribution in [0.2, 0.25) is 0 Å². The van der Waals surface area contributed by atoms with Crippen molar-refractivity contribution in [3.63, 3.8) is 0 Å². The molecule has 4 heteroatoms. The molecule has 1 atom stereocenters. The van der Waals surface area contributed by atoms with E-state index in [1.807, 2.05) is 18.2 Å². The molecule has 1 amide bonds. The number of hydrogen-bond donors (Lipinski definition) is 1. The molecule has 0 aliphatic carbocycles. The Labute approximate surface area is 106 Å². The van der Waals surface area contributed by atoms with Gasteiger partial charge in [-0.15, -0.1) is 11.8 Å². The maximum Gasteiger partial charge on any atom is 0.260 e. The second kappa shape index (κ2) is 4.03. The van der Waals surface area contributed by atoms with Gasteiger partial charge in [0.05, 0.1) is 5.69 Å². The van der Waals surface area contributed by atoms with Crippen molar-refractivity contribution in [2.75, 3.05) is 11.9 Å². The van der Waals surface area contributed by atoms with Gasteiger partial charge in [0.15, 0.2) is 6.10 Å². The number of likely N-dealkylation sites (N-methyl/N-ethyl adjacent to an activating group) is 1. The summed E-state index contributed by atoms with van der Waals surface area (Å²) < 4.78 is 0.133. The Morgan fingerprint density at radius 3 is 2.59 bits per heavy atom. The molecule has 17 heavy (non-hydrogen) atoms. The predicted molar refractivity (Wildman–Crippen MR) is 70.4 cm³/mol. The standard InChI is InChI=1S/C13H17NO2S/c1-13(2,3)17-8-5-6-9-10(7-8)14(4)12(16)11(9)15/h5-7,11,15H,1-4H3. The van der Waals surface area contributed by atoms with E-state index >= 15 is 0 Å². The summed E-state index contributed by atoms with van der Waals surface area (Å²) in [7, 11) is 1.70. The number of carbonyl (C=O) groups is 1. The molecule has 0 spiro atoms. The van der Waals surface area contributed by atoms with Crippen LogP contribution in [0.25, 0.3) is 0 Å². The Balaban J connectivity index is 2.36. The summed E-state index contributed by atoms with van der Waals surface area (Å²) in [5, 5.41) is 9.75. The van der Waals surface area contributed by atoms with Gasteiger partial charge >= 0.3 is 0 Å². The molecule has 1 aromatic rings. The first-order valence-electron chi connectivity index (χ1n) is 5.58. The molecule has 1 unspecified atom stereocenters. The van der Waals surface area contributed by atoms with Gasteiger partial charge in [-0.3, -0.25) is 4.79 Å². The Morgan fingerprint density at radius 1 is 1.35 bits per heavy atom.